The van der Waals surface area contributed by atoms with Crippen molar-refractivity contribution in [3.8, 4) is 0 Å². The van der Waals surface area contributed by atoms with Gasteiger partial charge in [0.1, 0.15) is 17.8 Å². The van der Waals surface area contributed by atoms with E-state index in [9.17, 15) is 4.79 Å². The van der Waals surface area contributed by atoms with E-state index >= 15 is 0 Å². The summed E-state index contributed by atoms with van der Waals surface area (Å²) in [4.78, 5) is 18.5. The van der Waals surface area contributed by atoms with Crippen LogP contribution < -0.4 is 5.90 Å². The van der Waals surface area contributed by atoms with Crippen LogP contribution in [-0.4, -0.2) is 53.8 Å². The molecule has 20 heavy (non-hydrogen) atoms. The Balaban J connectivity index is 2.10. The molecule has 7 heteroatoms. The van der Waals surface area contributed by atoms with Crippen LogP contribution >= 0.6 is 0 Å². The van der Waals surface area contributed by atoms with Crippen LogP contribution in [0.4, 0.5) is 4.79 Å². The van der Waals surface area contributed by atoms with E-state index < -0.39 is 17.5 Å². The van der Waals surface area contributed by atoms with Crippen molar-refractivity contribution < 1.29 is 23.8 Å². The van der Waals surface area contributed by atoms with Crippen LogP contribution in [-0.2, 0) is 19.0 Å². The fraction of sp³-hybridized carbons (Fsp3) is 0.923. The molecule has 0 saturated carbocycles. The first-order valence-corrected chi connectivity index (χ1v) is 6.80. The molecule has 2 fully saturated rings. The van der Waals surface area contributed by atoms with Crippen LogP contribution in [0.25, 0.3) is 0 Å². The molecule has 1 amide bonds. The summed E-state index contributed by atoms with van der Waals surface area (Å²) >= 11 is 0. The van der Waals surface area contributed by atoms with Crippen molar-refractivity contribution in [1.29, 1.82) is 0 Å². The summed E-state index contributed by atoms with van der Waals surface area (Å²) < 4.78 is 17.0. The summed E-state index contributed by atoms with van der Waals surface area (Å²) in [6.45, 7) is 9.77. The number of likely N-dealkylation sites (tertiary alicyclic amines) is 1. The number of nitrogens with two attached hydrogens (primary N) is 1. The van der Waals surface area contributed by atoms with Gasteiger partial charge >= 0.3 is 6.09 Å². The third-order valence-electron chi connectivity index (χ3n) is 3.27. The molecule has 2 rings (SSSR count). The van der Waals surface area contributed by atoms with Gasteiger partial charge in [-0.15, -0.1) is 0 Å². The average molecular weight is 288 g/mol. The largest absolute Gasteiger partial charge is 0.444 e. The van der Waals surface area contributed by atoms with E-state index in [1.54, 1.807) is 4.90 Å². The maximum Gasteiger partial charge on any atom is 0.410 e. The molecule has 2 saturated heterocycles. The lowest BCUT2D eigenvalue weighted by Crippen LogP contribution is -2.47. The Labute approximate surface area is 119 Å². The summed E-state index contributed by atoms with van der Waals surface area (Å²) in [5.74, 6) is 4.52. The number of hydrogen-bond acceptors (Lipinski definition) is 6. The van der Waals surface area contributed by atoms with Crippen LogP contribution in [0, 0.1) is 0 Å². The fourth-order valence-corrected chi connectivity index (χ4v) is 2.65. The number of nitrogens with zero attached hydrogens (tertiary/aromatic N) is 1. The zero-order valence-electron chi connectivity index (χ0n) is 12.7. The van der Waals surface area contributed by atoms with Gasteiger partial charge < -0.3 is 19.0 Å². The Kier molecular flexibility index (Phi) is 3.98. The lowest BCUT2D eigenvalue weighted by molar-refractivity contribution is -0.163. The van der Waals surface area contributed by atoms with E-state index in [2.05, 4.69) is 0 Å². The average Bonchev–Trinajstić information content (AvgIpc) is 2.70. The highest BCUT2D eigenvalue weighted by Crippen LogP contribution is 2.37. The molecule has 2 heterocycles. The number of hydrogen-bond donors (Lipinski definition) is 1. The number of carbonyl (C=O) groups excluding carboxylic acids is 1. The standard InChI is InChI=1S/C13H24N2O5/c1-12(2,3)20-11(16)15-6-9-10(8(15)7-17-14)19-13(4,5)18-9/h8-10H,6-7,14H2,1-5H3/t8-,9+,10-/m1/s1. The molecule has 0 radical (unpaired) electrons. The number of ether oxygens (including phenoxy) is 3. The lowest BCUT2D eigenvalue weighted by atomic mass is 10.1. The minimum Gasteiger partial charge on any atom is -0.444 e. The van der Waals surface area contributed by atoms with Gasteiger partial charge in [0.05, 0.1) is 19.2 Å². The molecule has 0 aromatic carbocycles. The van der Waals surface area contributed by atoms with E-state index in [4.69, 9.17) is 24.9 Å². The third kappa shape index (κ3) is 3.22. The third-order valence-corrected chi connectivity index (χ3v) is 3.27. The second-order valence-corrected chi connectivity index (χ2v) is 6.67. The Morgan fingerprint density at radius 3 is 2.60 bits per heavy atom. The van der Waals surface area contributed by atoms with Gasteiger partial charge in [0.2, 0.25) is 0 Å². The lowest BCUT2D eigenvalue weighted by Gasteiger charge is -2.31. The molecule has 2 N–H and O–H groups in total. The predicted octanol–water partition coefficient (Wildman–Crippen LogP) is 1.02. The summed E-state index contributed by atoms with van der Waals surface area (Å²) in [5, 5.41) is 0. The van der Waals surface area contributed by atoms with Crippen molar-refractivity contribution in [2.75, 3.05) is 13.2 Å². The van der Waals surface area contributed by atoms with E-state index in [1.807, 2.05) is 34.6 Å². The predicted molar refractivity (Wildman–Crippen MR) is 70.7 cm³/mol. The quantitative estimate of drug-likeness (QED) is 0.764. The molecular weight excluding hydrogens is 264 g/mol. The first-order chi connectivity index (χ1) is 9.13. The normalized spacial score (nSPS) is 32.3. The zero-order valence-corrected chi connectivity index (χ0v) is 12.7. The summed E-state index contributed by atoms with van der Waals surface area (Å²) in [6.07, 6.45) is -0.835. The van der Waals surface area contributed by atoms with Crippen LogP contribution in [0.1, 0.15) is 34.6 Å². The van der Waals surface area contributed by atoms with E-state index in [-0.39, 0.29) is 24.9 Å². The van der Waals surface area contributed by atoms with Gasteiger partial charge in [-0.25, -0.2) is 10.7 Å². The second-order valence-electron chi connectivity index (χ2n) is 6.67. The first-order valence-electron chi connectivity index (χ1n) is 6.80. The molecule has 0 bridgehead atoms. The van der Waals surface area contributed by atoms with Gasteiger partial charge in [0.15, 0.2) is 5.79 Å². The topological polar surface area (TPSA) is 83.2 Å². The van der Waals surface area contributed by atoms with Gasteiger partial charge in [-0.3, -0.25) is 4.90 Å². The van der Waals surface area contributed by atoms with Crippen LogP contribution in [0.15, 0.2) is 0 Å². The molecule has 3 atom stereocenters. The van der Waals surface area contributed by atoms with Crippen molar-refractivity contribution >= 4 is 6.09 Å². The molecule has 0 aliphatic carbocycles. The molecule has 0 unspecified atom stereocenters. The summed E-state index contributed by atoms with van der Waals surface area (Å²) in [5.41, 5.74) is -0.552. The maximum absolute atomic E-state index is 12.2. The van der Waals surface area contributed by atoms with Crippen molar-refractivity contribution in [2.45, 2.75) is 64.3 Å². The van der Waals surface area contributed by atoms with Gasteiger partial charge in [-0.2, -0.15) is 0 Å². The van der Waals surface area contributed by atoms with Gasteiger partial charge in [0, 0.05) is 0 Å². The molecule has 7 nitrogen and oxygen atoms in total. The molecule has 0 spiro atoms. The van der Waals surface area contributed by atoms with Crippen LogP contribution in [0.2, 0.25) is 0 Å². The van der Waals surface area contributed by atoms with E-state index in [0.717, 1.165) is 0 Å². The molecule has 116 valence electrons. The number of amides is 1. The Morgan fingerprint density at radius 2 is 2.05 bits per heavy atom. The molecule has 2 aliphatic rings. The molecule has 0 aromatic rings. The molecule has 0 aromatic heterocycles. The number of rotatable bonds is 2. The minimum absolute atomic E-state index is 0.180. The maximum atomic E-state index is 12.2. The highest BCUT2D eigenvalue weighted by Gasteiger charge is 2.54. The summed E-state index contributed by atoms with van der Waals surface area (Å²) in [7, 11) is 0. The van der Waals surface area contributed by atoms with E-state index in [0.29, 0.717) is 6.54 Å². The fourth-order valence-electron chi connectivity index (χ4n) is 2.65. The highest BCUT2D eigenvalue weighted by molar-refractivity contribution is 5.69. The van der Waals surface area contributed by atoms with Crippen LogP contribution in [0.3, 0.4) is 0 Å². The summed E-state index contributed by atoms with van der Waals surface area (Å²) in [6, 6.07) is -0.304. The SMILES string of the molecule is CC(C)(C)OC(=O)N1C[C@@H]2OC(C)(C)O[C@@H]2[C@H]1CON. The highest BCUT2D eigenvalue weighted by atomic mass is 16.8. The number of carbonyl (C=O) groups is 1. The van der Waals surface area contributed by atoms with Crippen LogP contribution in [0.5, 0.6) is 0 Å². The Bertz CT molecular complexity index is 379. The number of fused-ring (bicyclic) bond motifs is 1. The van der Waals surface area contributed by atoms with Crippen molar-refractivity contribution in [3.05, 3.63) is 0 Å². The van der Waals surface area contributed by atoms with Gasteiger partial charge in [0.25, 0.3) is 0 Å². The smallest absolute Gasteiger partial charge is 0.410 e. The monoisotopic (exact) mass is 288 g/mol. The van der Waals surface area contributed by atoms with Gasteiger partial charge in [-0.1, -0.05) is 0 Å². The second kappa shape index (κ2) is 5.14. The first kappa shape index (κ1) is 15.5. The Morgan fingerprint density at radius 1 is 1.40 bits per heavy atom. The molecule has 2 aliphatic heterocycles. The zero-order chi connectivity index (χ0) is 15.1. The van der Waals surface area contributed by atoms with Crippen molar-refractivity contribution in [3.63, 3.8) is 0 Å². The molecular formula is C13H24N2O5. The van der Waals surface area contributed by atoms with Crippen molar-refractivity contribution in [1.82, 2.24) is 4.90 Å². The van der Waals surface area contributed by atoms with Crippen molar-refractivity contribution in [2.24, 2.45) is 5.90 Å². The minimum atomic E-state index is -0.651. The van der Waals surface area contributed by atoms with E-state index in [1.165, 1.54) is 0 Å². The Hall–Kier alpha value is -0.890. The van der Waals surface area contributed by atoms with Gasteiger partial charge in [-0.05, 0) is 34.6 Å².